The first-order valence-electron chi connectivity index (χ1n) is 6.40. The number of rotatable bonds is 5. The van der Waals surface area contributed by atoms with Crippen LogP contribution in [-0.4, -0.2) is 44.5 Å². The third-order valence-corrected chi connectivity index (χ3v) is 5.20. The van der Waals surface area contributed by atoms with E-state index < -0.39 is 15.6 Å². The fourth-order valence-electron chi connectivity index (χ4n) is 2.51. The molecule has 3 N–H and O–H groups in total. The van der Waals surface area contributed by atoms with E-state index in [-0.39, 0.29) is 12.3 Å². The van der Waals surface area contributed by atoms with Gasteiger partial charge in [0, 0.05) is 19.6 Å². The maximum absolute atomic E-state index is 11.8. The lowest BCUT2D eigenvalue weighted by Crippen LogP contribution is -2.64. The van der Waals surface area contributed by atoms with Gasteiger partial charge in [-0.15, -0.1) is 0 Å². The minimum atomic E-state index is -3.23. The molecule has 2 fully saturated rings. The molecule has 1 saturated carbocycles. The van der Waals surface area contributed by atoms with Crippen molar-refractivity contribution in [2.45, 2.75) is 37.7 Å². The van der Waals surface area contributed by atoms with E-state index in [1.165, 1.54) is 6.42 Å². The Morgan fingerprint density at radius 3 is 2.41 bits per heavy atom. The summed E-state index contributed by atoms with van der Waals surface area (Å²) in [6.07, 6.45) is 5.57. The minimum Gasteiger partial charge on any atom is -0.386 e. The van der Waals surface area contributed by atoms with Gasteiger partial charge in [0.1, 0.15) is 5.60 Å². The molecule has 2 rings (SSSR count). The van der Waals surface area contributed by atoms with Crippen LogP contribution in [0.1, 0.15) is 32.1 Å². The molecule has 0 spiro atoms. The van der Waals surface area contributed by atoms with Crippen LogP contribution < -0.4 is 10.0 Å². The van der Waals surface area contributed by atoms with Crippen molar-refractivity contribution >= 4 is 10.0 Å². The Hall–Kier alpha value is -0.170. The summed E-state index contributed by atoms with van der Waals surface area (Å²) in [5.41, 5.74) is -0.875. The molecule has 1 saturated heterocycles. The van der Waals surface area contributed by atoms with Crippen LogP contribution in [0.4, 0.5) is 0 Å². The van der Waals surface area contributed by atoms with Gasteiger partial charge in [-0.1, -0.05) is 19.3 Å². The highest BCUT2D eigenvalue weighted by molar-refractivity contribution is 7.89. The van der Waals surface area contributed by atoms with Crippen molar-refractivity contribution in [3.05, 3.63) is 0 Å². The molecule has 2 aliphatic rings. The molecular formula is C11H22N2O3S. The smallest absolute Gasteiger partial charge is 0.211 e. The van der Waals surface area contributed by atoms with Crippen molar-refractivity contribution in [2.75, 3.05) is 25.4 Å². The summed E-state index contributed by atoms with van der Waals surface area (Å²) in [6, 6.07) is 0. The molecule has 0 amide bonds. The second-order valence-electron chi connectivity index (χ2n) is 5.43. The van der Waals surface area contributed by atoms with E-state index in [4.69, 9.17) is 0 Å². The van der Waals surface area contributed by atoms with Gasteiger partial charge in [0.15, 0.2) is 0 Å². The number of hydrogen-bond acceptors (Lipinski definition) is 4. The Morgan fingerprint density at radius 1 is 1.24 bits per heavy atom. The molecule has 1 heterocycles. The molecule has 0 aromatic rings. The van der Waals surface area contributed by atoms with Crippen LogP contribution in [0, 0.1) is 5.92 Å². The Morgan fingerprint density at radius 2 is 1.88 bits per heavy atom. The van der Waals surface area contributed by atoms with Gasteiger partial charge in [-0.05, 0) is 18.8 Å². The van der Waals surface area contributed by atoms with Crippen molar-refractivity contribution in [3.63, 3.8) is 0 Å². The van der Waals surface area contributed by atoms with Gasteiger partial charge in [-0.25, -0.2) is 13.1 Å². The van der Waals surface area contributed by atoms with Gasteiger partial charge < -0.3 is 10.4 Å². The van der Waals surface area contributed by atoms with E-state index in [0.717, 1.165) is 25.7 Å². The summed E-state index contributed by atoms with van der Waals surface area (Å²) in [6.45, 7) is 1.08. The molecule has 0 radical (unpaired) electrons. The van der Waals surface area contributed by atoms with Crippen LogP contribution in [0.15, 0.2) is 0 Å². The zero-order valence-corrected chi connectivity index (χ0v) is 10.9. The topological polar surface area (TPSA) is 78.4 Å². The molecule has 0 atom stereocenters. The summed E-state index contributed by atoms with van der Waals surface area (Å²) in [5.74, 6) is 0.520. The summed E-state index contributed by atoms with van der Waals surface area (Å²) in [4.78, 5) is 0. The molecular weight excluding hydrogens is 240 g/mol. The standard InChI is InChI=1S/C11H22N2O3S/c14-11(7-12-8-11)9-13-17(15,16)6-10-4-2-1-3-5-10/h10,12-14H,1-9H2. The highest BCUT2D eigenvalue weighted by Crippen LogP contribution is 2.24. The molecule has 6 heteroatoms. The maximum atomic E-state index is 11.8. The molecule has 0 aromatic heterocycles. The zero-order valence-electron chi connectivity index (χ0n) is 10.1. The SMILES string of the molecule is O=S(=O)(CC1CCCCC1)NCC1(O)CNC1. The fraction of sp³-hybridized carbons (Fsp3) is 1.00. The third-order valence-electron chi connectivity index (χ3n) is 3.71. The Bertz CT molecular complexity index is 346. The summed E-state index contributed by atoms with van der Waals surface area (Å²) in [7, 11) is -3.23. The van der Waals surface area contributed by atoms with Crippen LogP contribution in [0.3, 0.4) is 0 Å². The molecule has 1 aliphatic carbocycles. The van der Waals surface area contributed by atoms with Crippen molar-refractivity contribution < 1.29 is 13.5 Å². The van der Waals surface area contributed by atoms with Gasteiger partial charge in [-0.3, -0.25) is 0 Å². The number of sulfonamides is 1. The number of β-amino-alcohol motifs (C(OH)–C–C–N with tert-alkyl or cyclic N) is 1. The first kappa shape index (κ1) is 13.3. The van der Waals surface area contributed by atoms with E-state index in [1.54, 1.807) is 0 Å². The van der Waals surface area contributed by atoms with E-state index >= 15 is 0 Å². The third kappa shape index (κ3) is 3.91. The molecule has 0 aromatic carbocycles. The quantitative estimate of drug-likeness (QED) is 0.642. The van der Waals surface area contributed by atoms with Crippen LogP contribution in [0.2, 0.25) is 0 Å². The van der Waals surface area contributed by atoms with Crippen molar-refractivity contribution in [3.8, 4) is 0 Å². The molecule has 0 bridgehead atoms. The minimum absolute atomic E-state index is 0.134. The largest absolute Gasteiger partial charge is 0.386 e. The lowest BCUT2D eigenvalue weighted by atomic mass is 9.91. The molecule has 17 heavy (non-hydrogen) atoms. The van der Waals surface area contributed by atoms with E-state index in [0.29, 0.717) is 19.0 Å². The predicted octanol–water partition coefficient (Wildman–Crippen LogP) is -0.180. The summed E-state index contributed by atoms with van der Waals surface area (Å²) in [5, 5.41) is 12.7. The fourth-order valence-corrected chi connectivity index (χ4v) is 4.07. The Balaban J connectivity index is 1.77. The number of nitrogens with one attached hydrogen (secondary N) is 2. The van der Waals surface area contributed by atoms with Gasteiger partial charge in [0.2, 0.25) is 10.0 Å². The monoisotopic (exact) mass is 262 g/mol. The van der Waals surface area contributed by atoms with Crippen LogP contribution in [0.25, 0.3) is 0 Å². The lowest BCUT2D eigenvalue weighted by Gasteiger charge is -2.37. The van der Waals surface area contributed by atoms with Crippen LogP contribution >= 0.6 is 0 Å². The van der Waals surface area contributed by atoms with Gasteiger partial charge >= 0.3 is 0 Å². The van der Waals surface area contributed by atoms with E-state index in [9.17, 15) is 13.5 Å². The zero-order chi connectivity index (χ0) is 12.4. The molecule has 1 aliphatic heterocycles. The highest BCUT2D eigenvalue weighted by Gasteiger charge is 2.35. The average molecular weight is 262 g/mol. The van der Waals surface area contributed by atoms with Crippen molar-refractivity contribution in [2.24, 2.45) is 5.92 Å². The van der Waals surface area contributed by atoms with Gasteiger partial charge in [0.25, 0.3) is 0 Å². The highest BCUT2D eigenvalue weighted by atomic mass is 32.2. The molecule has 5 nitrogen and oxygen atoms in total. The Kier molecular flexibility index (Phi) is 4.07. The first-order chi connectivity index (χ1) is 7.99. The summed E-state index contributed by atoms with van der Waals surface area (Å²) >= 11 is 0. The van der Waals surface area contributed by atoms with E-state index in [2.05, 4.69) is 10.0 Å². The van der Waals surface area contributed by atoms with Crippen LogP contribution in [-0.2, 0) is 10.0 Å². The van der Waals surface area contributed by atoms with Crippen molar-refractivity contribution in [1.82, 2.24) is 10.0 Å². The lowest BCUT2D eigenvalue weighted by molar-refractivity contribution is -0.00399. The van der Waals surface area contributed by atoms with Crippen molar-refractivity contribution in [1.29, 1.82) is 0 Å². The first-order valence-corrected chi connectivity index (χ1v) is 8.05. The maximum Gasteiger partial charge on any atom is 0.211 e. The Labute approximate surface area is 103 Å². The van der Waals surface area contributed by atoms with Gasteiger partial charge in [-0.2, -0.15) is 0 Å². The normalized spacial score (nSPS) is 25.5. The number of aliphatic hydroxyl groups is 1. The van der Waals surface area contributed by atoms with Crippen LogP contribution in [0.5, 0.6) is 0 Å². The summed E-state index contributed by atoms with van der Waals surface area (Å²) < 4.78 is 26.2. The second-order valence-corrected chi connectivity index (χ2v) is 7.29. The second kappa shape index (κ2) is 5.22. The van der Waals surface area contributed by atoms with E-state index in [1.807, 2.05) is 0 Å². The predicted molar refractivity (Wildman–Crippen MR) is 66.2 cm³/mol. The van der Waals surface area contributed by atoms with Gasteiger partial charge in [0.05, 0.1) is 5.75 Å². The molecule has 100 valence electrons. The molecule has 0 unspecified atom stereocenters. The average Bonchev–Trinajstić information content (AvgIpc) is 2.25. The number of hydrogen-bond donors (Lipinski definition) is 3.